The third-order valence-electron chi connectivity index (χ3n) is 3.43. The second-order valence-electron chi connectivity index (χ2n) is 4.86. The molecule has 1 N–H and O–H groups in total. The summed E-state index contributed by atoms with van der Waals surface area (Å²) in [5, 5.41) is 18.3. The van der Waals surface area contributed by atoms with Crippen molar-refractivity contribution in [3.63, 3.8) is 0 Å². The van der Waals surface area contributed by atoms with Crippen LogP contribution in [-0.4, -0.2) is 5.11 Å². The lowest BCUT2D eigenvalue weighted by Crippen LogP contribution is -1.96. The first-order valence-corrected chi connectivity index (χ1v) is 6.45. The van der Waals surface area contributed by atoms with E-state index in [1.807, 2.05) is 26.8 Å². The second-order valence-corrected chi connectivity index (χ2v) is 4.86. The largest absolute Gasteiger partial charge is 0.455 e. The Bertz CT molecular complexity index is 684. The van der Waals surface area contributed by atoms with Gasteiger partial charge in [0.05, 0.1) is 12.2 Å². The molecule has 0 fully saturated rings. The molecule has 0 heterocycles. The highest BCUT2D eigenvalue weighted by atomic mass is 16.5. The Morgan fingerprint density at radius 1 is 1.10 bits per heavy atom. The van der Waals surface area contributed by atoms with Gasteiger partial charge in [0, 0.05) is 0 Å². The van der Waals surface area contributed by atoms with Gasteiger partial charge in [-0.1, -0.05) is 18.2 Å². The fraction of sp³-hybridized carbons (Fsp3) is 0.235. The van der Waals surface area contributed by atoms with Gasteiger partial charge in [0.2, 0.25) is 0 Å². The topological polar surface area (TPSA) is 53.2 Å². The van der Waals surface area contributed by atoms with Crippen LogP contribution in [-0.2, 0) is 6.61 Å². The average molecular weight is 267 g/mol. The van der Waals surface area contributed by atoms with E-state index in [9.17, 15) is 5.26 Å². The minimum absolute atomic E-state index is 0.0859. The summed E-state index contributed by atoms with van der Waals surface area (Å²) in [5.41, 5.74) is 4.38. The van der Waals surface area contributed by atoms with E-state index in [0.717, 1.165) is 22.4 Å². The molecule has 2 aromatic carbocycles. The number of aliphatic hydroxyl groups is 1. The molecule has 0 amide bonds. The number of hydrogen-bond donors (Lipinski definition) is 1. The number of aliphatic hydroxyl groups excluding tert-OH is 1. The van der Waals surface area contributed by atoms with Crippen LogP contribution in [0.3, 0.4) is 0 Å². The summed E-state index contributed by atoms with van der Waals surface area (Å²) in [7, 11) is 0. The third-order valence-corrected chi connectivity index (χ3v) is 3.43. The Labute approximate surface area is 119 Å². The molecule has 0 radical (unpaired) electrons. The van der Waals surface area contributed by atoms with Gasteiger partial charge in [0.25, 0.3) is 0 Å². The molecular weight excluding hydrogens is 250 g/mol. The minimum atomic E-state index is -0.0859. The summed E-state index contributed by atoms with van der Waals surface area (Å²) in [4.78, 5) is 0. The van der Waals surface area contributed by atoms with E-state index in [1.165, 1.54) is 0 Å². The van der Waals surface area contributed by atoms with Gasteiger partial charge in [0.1, 0.15) is 17.6 Å². The van der Waals surface area contributed by atoms with Crippen molar-refractivity contribution in [2.24, 2.45) is 0 Å². The monoisotopic (exact) mass is 267 g/mol. The maximum absolute atomic E-state index is 9.20. The van der Waals surface area contributed by atoms with Crippen molar-refractivity contribution in [2.75, 3.05) is 0 Å². The second kappa shape index (κ2) is 5.77. The molecule has 0 aromatic heterocycles. The molecule has 2 rings (SSSR count). The zero-order valence-electron chi connectivity index (χ0n) is 11.9. The molecule has 0 atom stereocenters. The van der Waals surface area contributed by atoms with E-state index >= 15 is 0 Å². The lowest BCUT2D eigenvalue weighted by molar-refractivity contribution is 0.281. The van der Waals surface area contributed by atoms with Crippen LogP contribution in [0.25, 0.3) is 0 Å². The highest BCUT2D eigenvalue weighted by Gasteiger charge is 2.11. The standard InChI is InChI=1S/C17H17NO2/c1-11-4-5-12(2)17(13(11)3)20-16-7-6-14(10-19)8-15(16)9-18/h4-8,19H,10H2,1-3H3. The lowest BCUT2D eigenvalue weighted by atomic mass is 10.0. The molecule has 0 saturated heterocycles. The molecule has 102 valence electrons. The number of rotatable bonds is 3. The number of hydrogen-bond acceptors (Lipinski definition) is 3. The fourth-order valence-corrected chi connectivity index (χ4v) is 2.04. The predicted molar refractivity (Wildman–Crippen MR) is 77.8 cm³/mol. The quantitative estimate of drug-likeness (QED) is 0.921. The Balaban J connectivity index is 2.46. The number of benzene rings is 2. The first-order chi connectivity index (χ1) is 9.56. The molecule has 0 bridgehead atoms. The van der Waals surface area contributed by atoms with Crippen molar-refractivity contribution in [1.29, 1.82) is 5.26 Å². The van der Waals surface area contributed by atoms with Gasteiger partial charge >= 0.3 is 0 Å². The Morgan fingerprint density at radius 2 is 1.80 bits per heavy atom. The average Bonchev–Trinajstić information content (AvgIpc) is 2.47. The summed E-state index contributed by atoms with van der Waals surface area (Å²) in [6, 6.07) is 11.3. The summed E-state index contributed by atoms with van der Waals surface area (Å²) < 4.78 is 5.94. The Morgan fingerprint density at radius 3 is 2.45 bits per heavy atom. The molecule has 0 aliphatic rings. The Kier molecular flexibility index (Phi) is 4.07. The zero-order valence-corrected chi connectivity index (χ0v) is 11.9. The number of aryl methyl sites for hydroxylation is 2. The number of nitriles is 1. The molecule has 20 heavy (non-hydrogen) atoms. The van der Waals surface area contributed by atoms with Crippen molar-refractivity contribution in [2.45, 2.75) is 27.4 Å². The molecule has 0 spiro atoms. The van der Waals surface area contributed by atoms with Gasteiger partial charge in [-0.15, -0.1) is 0 Å². The summed E-state index contributed by atoms with van der Waals surface area (Å²) in [6.45, 7) is 5.93. The van der Waals surface area contributed by atoms with E-state index in [-0.39, 0.29) is 6.61 Å². The van der Waals surface area contributed by atoms with E-state index in [1.54, 1.807) is 18.2 Å². The van der Waals surface area contributed by atoms with Crippen LogP contribution in [0.4, 0.5) is 0 Å². The lowest BCUT2D eigenvalue weighted by Gasteiger charge is -2.14. The van der Waals surface area contributed by atoms with E-state index in [0.29, 0.717) is 16.9 Å². The number of nitrogens with zero attached hydrogens (tertiary/aromatic N) is 1. The van der Waals surface area contributed by atoms with Crippen LogP contribution in [0.15, 0.2) is 30.3 Å². The first kappa shape index (κ1) is 14.1. The maximum atomic E-state index is 9.20. The van der Waals surface area contributed by atoms with Gasteiger partial charge in [0.15, 0.2) is 0 Å². The van der Waals surface area contributed by atoms with Crippen molar-refractivity contribution in [3.05, 3.63) is 58.1 Å². The normalized spacial score (nSPS) is 10.2. The molecule has 0 saturated carbocycles. The van der Waals surface area contributed by atoms with Crippen LogP contribution in [0.2, 0.25) is 0 Å². The molecular formula is C17H17NO2. The zero-order chi connectivity index (χ0) is 14.7. The van der Waals surface area contributed by atoms with Gasteiger partial charge < -0.3 is 9.84 Å². The Hall–Kier alpha value is -2.31. The van der Waals surface area contributed by atoms with Gasteiger partial charge in [-0.25, -0.2) is 0 Å². The highest BCUT2D eigenvalue weighted by Crippen LogP contribution is 2.32. The molecule has 3 heteroatoms. The number of ether oxygens (including phenoxy) is 1. The van der Waals surface area contributed by atoms with Crippen LogP contribution >= 0.6 is 0 Å². The van der Waals surface area contributed by atoms with Gasteiger partial charge in [-0.2, -0.15) is 5.26 Å². The van der Waals surface area contributed by atoms with Crippen molar-refractivity contribution in [3.8, 4) is 17.6 Å². The van der Waals surface area contributed by atoms with Crippen molar-refractivity contribution in [1.82, 2.24) is 0 Å². The molecule has 2 aromatic rings. The van der Waals surface area contributed by atoms with Crippen molar-refractivity contribution < 1.29 is 9.84 Å². The summed E-state index contributed by atoms with van der Waals surface area (Å²) >= 11 is 0. The van der Waals surface area contributed by atoms with Crippen LogP contribution < -0.4 is 4.74 Å². The van der Waals surface area contributed by atoms with Crippen LogP contribution in [0.5, 0.6) is 11.5 Å². The SMILES string of the molecule is Cc1ccc(C)c(Oc2ccc(CO)cc2C#N)c1C. The van der Waals surface area contributed by atoms with E-state index < -0.39 is 0 Å². The van der Waals surface area contributed by atoms with Crippen LogP contribution in [0, 0.1) is 32.1 Å². The fourth-order valence-electron chi connectivity index (χ4n) is 2.04. The molecule has 0 unspecified atom stereocenters. The van der Waals surface area contributed by atoms with Gasteiger partial charge in [-0.3, -0.25) is 0 Å². The highest BCUT2D eigenvalue weighted by molar-refractivity contribution is 5.51. The van der Waals surface area contributed by atoms with E-state index in [2.05, 4.69) is 12.1 Å². The van der Waals surface area contributed by atoms with Gasteiger partial charge in [-0.05, 0) is 55.2 Å². The van der Waals surface area contributed by atoms with E-state index in [4.69, 9.17) is 9.84 Å². The molecule has 3 nitrogen and oxygen atoms in total. The molecule has 0 aliphatic carbocycles. The van der Waals surface area contributed by atoms with Crippen molar-refractivity contribution >= 4 is 0 Å². The maximum Gasteiger partial charge on any atom is 0.145 e. The summed E-state index contributed by atoms with van der Waals surface area (Å²) in [6.07, 6.45) is 0. The predicted octanol–water partition coefficient (Wildman–Crippen LogP) is 3.77. The summed E-state index contributed by atoms with van der Waals surface area (Å²) in [5.74, 6) is 1.31. The first-order valence-electron chi connectivity index (χ1n) is 6.45. The smallest absolute Gasteiger partial charge is 0.145 e. The van der Waals surface area contributed by atoms with Crippen LogP contribution in [0.1, 0.15) is 27.8 Å². The minimum Gasteiger partial charge on any atom is -0.455 e. The molecule has 0 aliphatic heterocycles. The third kappa shape index (κ3) is 2.66.